The van der Waals surface area contributed by atoms with Crippen LogP contribution in [-0.2, 0) is 11.2 Å². The second-order valence-corrected chi connectivity index (χ2v) is 3.67. The van der Waals surface area contributed by atoms with Gasteiger partial charge in [0, 0.05) is 23.6 Å². The number of carboxylic acids is 1. The summed E-state index contributed by atoms with van der Waals surface area (Å²) in [4.78, 5) is 22.2. The number of carbonyl (C=O) groups excluding carboxylic acids is 1. The molecule has 0 saturated carbocycles. The summed E-state index contributed by atoms with van der Waals surface area (Å²) in [7, 11) is 0. The highest BCUT2D eigenvalue weighted by molar-refractivity contribution is 6.15. The first-order valence-electron chi connectivity index (χ1n) is 4.65. The summed E-state index contributed by atoms with van der Waals surface area (Å²) < 4.78 is 0. The Morgan fingerprint density at radius 2 is 2.20 bits per heavy atom. The van der Waals surface area contributed by atoms with Gasteiger partial charge >= 0.3 is 5.97 Å². The molecule has 76 valence electrons. The van der Waals surface area contributed by atoms with Crippen molar-refractivity contribution in [3.05, 3.63) is 46.5 Å². The first-order chi connectivity index (χ1) is 7.08. The van der Waals surface area contributed by atoms with Gasteiger partial charge in [-0.2, -0.15) is 0 Å². The molecule has 1 aromatic rings. The highest BCUT2D eigenvalue weighted by Gasteiger charge is 2.25. The Labute approximate surface area is 87.0 Å². The Morgan fingerprint density at radius 1 is 1.47 bits per heavy atom. The summed E-state index contributed by atoms with van der Waals surface area (Å²) in [6, 6.07) is 5.61. The van der Waals surface area contributed by atoms with E-state index in [1.165, 1.54) is 0 Å². The van der Waals surface area contributed by atoms with E-state index in [2.05, 4.69) is 0 Å². The van der Waals surface area contributed by atoms with Crippen molar-refractivity contribution in [2.45, 2.75) is 13.3 Å². The highest BCUT2D eigenvalue weighted by Crippen LogP contribution is 2.26. The number of rotatable bonds is 1. The number of aliphatic carboxylic acids is 1. The Balaban J connectivity index is 2.46. The highest BCUT2D eigenvalue weighted by atomic mass is 16.4. The van der Waals surface area contributed by atoms with E-state index in [0.29, 0.717) is 17.6 Å². The minimum Gasteiger partial charge on any atom is -0.478 e. The maximum atomic E-state index is 11.8. The lowest BCUT2D eigenvalue weighted by Gasteiger charge is -1.96. The molecule has 0 bridgehead atoms. The van der Waals surface area contributed by atoms with Gasteiger partial charge < -0.3 is 5.11 Å². The topological polar surface area (TPSA) is 54.4 Å². The summed E-state index contributed by atoms with van der Waals surface area (Å²) >= 11 is 0. The molecule has 1 aliphatic carbocycles. The molecule has 0 atom stereocenters. The van der Waals surface area contributed by atoms with Gasteiger partial charge in [-0.25, -0.2) is 4.79 Å². The number of fused-ring (bicyclic) bond motifs is 1. The minimum absolute atomic E-state index is 0.156. The van der Waals surface area contributed by atoms with E-state index in [-0.39, 0.29) is 5.78 Å². The van der Waals surface area contributed by atoms with Crippen molar-refractivity contribution < 1.29 is 14.7 Å². The van der Waals surface area contributed by atoms with Crippen LogP contribution in [-0.4, -0.2) is 16.9 Å². The summed E-state index contributed by atoms with van der Waals surface area (Å²) in [5, 5.41) is 8.60. The number of carbonyl (C=O) groups is 2. The molecule has 1 N–H and O–H groups in total. The summed E-state index contributed by atoms with van der Waals surface area (Å²) in [6.07, 6.45) is 1.43. The summed E-state index contributed by atoms with van der Waals surface area (Å²) in [6.45, 7) is 1.91. The number of Topliss-reactive ketones (excluding diaryl/α,β-unsaturated/α-hetero) is 1. The number of aryl methyl sites for hydroxylation is 1. The average molecular weight is 202 g/mol. The van der Waals surface area contributed by atoms with Crippen molar-refractivity contribution in [3.8, 4) is 0 Å². The molecule has 1 aromatic carbocycles. The smallest absolute Gasteiger partial charge is 0.328 e. The van der Waals surface area contributed by atoms with Crippen LogP contribution in [0.5, 0.6) is 0 Å². The number of hydrogen-bond acceptors (Lipinski definition) is 2. The molecule has 0 aliphatic heterocycles. The zero-order valence-electron chi connectivity index (χ0n) is 8.28. The lowest BCUT2D eigenvalue weighted by Crippen LogP contribution is -1.99. The molecule has 0 spiro atoms. The van der Waals surface area contributed by atoms with Crippen LogP contribution in [0.1, 0.15) is 21.5 Å². The molecule has 0 radical (unpaired) electrons. The number of benzene rings is 1. The SMILES string of the molecule is Cc1ccc2c(c1)C(=O)/C(=C\C(=O)O)C2. The molecule has 0 aromatic heterocycles. The van der Waals surface area contributed by atoms with Crippen LogP contribution >= 0.6 is 0 Å². The van der Waals surface area contributed by atoms with Crippen molar-refractivity contribution in [1.29, 1.82) is 0 Å². The lowest BCUT2D eigenvalue weighted by molar-refractivity contribution is -0.131. The Bertz CT molecular complexity index is 484. The molecular formula is C12H10O3. The van der Waals surface area contributed by atoms with Gasteiger partial charge in [-0.3, -0.25) is 4.79 Å². The van der Waals surface area contributed by atoms with Gasteiger partial charge in [0.25, 0.3) is 0 Å². The Kier molecular flexibility index (Phi) is 2.15. The van der Waals surface area contributed by atoms with Gasteiger partial charge in [-0.15, -0.1) is 0 Å². The molecule has 2 rings (SSSR count). The molecule has 0 heterocycles. The number of carboxylic acid groups (broad SMARTS) is 1. The van der Waals surface area contributed by atoms with Gasteiger partial charge in [-0.05, 0) is 18.6 Å². The van der Waals surface area contributed by atoms with Crippen LogP contribution in [0.3, 0.4) is 0 Å². The van der Waals surface area contributed by atoms with Crippen molar-refractivity contribution in [3.63, 3.8) is 0 Å². The van der Waals surface area contributed by atoms with Crippen LogP contribution in [0, 0.1) is 6.92 Å². The fourth-order valence-corrected chi connectivity index (χ4v) is 1.78. The van der Waals surface area contributed by atoms with E-state index in [9.17, 15) is 9.59 Å². The van der Waals surface area contributed by atoms with Gasteiger partial charge in [0.15, 0.2) is 5.78 Å². The van der Waals surface area contributed by atoms with Crippen LogP contribution in [0.25, 0.3) is 0 Å². The van der Waals surface area contributed by atoms with Crippen LogP contribution in [0.2, 0.25) is 0 Å². The van der Waals surface area contributed by atoms with E-state index in [0.717, 1.165) is 17.2 Å². The van der Waals surface area contributed by atoms with E-state index in [1.54, 1.807) is 6.07 Å². The maximum Gasteiger partial charge on any atom is 0.328 e. The predicted octanol–water partition coefficient (Wildman–Crippen LogP) is 1.74. The van der Waals surface area contributed by atoms with Crippen LogP contribution in [0.15, 0.2) is 29.8 Å². The first-order valence-corrected chi connectivity index (χ1v) is 4.65. The monoisotopic (exact) mass is 202 g/mol. The third kappa shape index (κ3) is 1.68. The third-order valence-electron chi connectivity index (χ3n) is 2.48. The zero-order valence-corrected chi connectivity index (χ0v) is 8.28. The van der Waals surface area contributed by atoms with Crippen LogP contribution in [0.4, 0.5) is 0 Å². The third-order valence-corrected chi connectivity index (χ3v) is 2.48. The number of allylic oxidation sites excluding steroid dienone is 1. The average Bonchev–Trinajstić information content (AvgIpc) is 2.44. The zero-order chi connectivity index (χ0) is 11.0. The first kappa shape index (κ1) is 9.65. The van der Waals surface area contributed by atoms with Crippen LogP contribution < -0.4 is 0 Å². The second-order valence-electron chi connectivity index (χ2n) is 3.67. The normalized spacial score (nSPS) is 16.9. The number of ketones is 1. The van der Waals surface area contributed by atoms with E-state index < -0.39 is 5.97 Å². The summed E-state index contributed by atoms with van der Waals surface area (Å²) in [5.74, 6) is -1.22. The number of hydrogen-bond donors (Lipinski definition) is 1. The Morgan fingerprint density at radius 3 is 2.87 bits per heavy atom. The van der Waals surface area contributed by atoms with Gasteiger partial charge in [-0.1, -0.05) is 17.7 Å². The molecule has 3 nitrogen and oxygen atoms in total. The maximum absolute atomic E-state index is 11.8. The Hall–Kier alpha value is -1.90. The molecule has 1 aliphatic rings. The quantitative estimate of drug-likeness (QED) is 0.706. The van der Waals surface area contributed by atoms with E-state index in [4.69, 9.17) is 5.11 Å². The molecular weight excluding hydrogens is 192 g/mol. The molecule has 3 heteroatoms. The van der Waals surface area contributed by atoms with E-state index >= 15 is 0 Å². The van der Waals surface area contributed by atoms with Gasteiger partial charge in [0.1, 0.15) is 0 Å². The summed E-state index contributed by atoms with van der Waals surface area (Å²) in [5.41, 5.74) is 2.93. The standard InChI is InChI=1S/C12H10O3/c1-7-2-3-8-5-9(6-11(13)14)12(15)10(8)4-7/h2-4,6H,5H2,1H3,(H,13,14)/b9-6-. The molecule has 0 amide bonds. The van der Waals surface area contributed by atoms with Crippen molar-refractivity contribution in [2.75, 3.05) is 0 Å². The minimum atomic E-state index is -1.07. The van der Waals surface area contributed by atoms with Crippen molar-refractivity contribution in [1.82, 2.24) is 0 Å². The van der Waals surface area contributed by atoms with Gasteiger partial charge in [0.05, 0.1) is 0 Å². The fourth-order valence-electron chi connectivity index (χ4n) is 1.78. The van der Waals surface area contributed by atoms with E-state index in [1.807, 2.05) is 19.1 Å². The predicted molar refractivity (Wildman–Crippen MR) is 54.9 cm³/mol. The van der Waals surface area contributed by atoms with Crippen molar-refractivity contribution in [2.24, 2.45) is 0 Å². The molecule has 0 fully saturated rings. The molecule has 0 saturated heterocycles. The largest absolute Gasteiger partial charge is 0.478 e. The molecule has 0 unspecified atom stereocenters. The lowest BCUT2D eigenvalue weighted by atomic mass is 10.1. The fraction of sp³-hybridized carbons (Fsp3) is 0.167. The molecule has 15 heavy (non-hydrogen) atoms. The van der Waals surface area contributed by atoms with Crippen molar-refractivity contribution >= 4 is 11.8 Å². The second kappa shape index (κ2) is 3.35. The van der Waals surface area contributed by atoms with Gasteiger partial charge in [0.2, 0.25) is 0 Å².